The second-order valence-corrected chi connectivity index (χ2v) is 4.47. The summed E-state index contributed by atoms with van der Waals surface area (Å²) in [6.45, 7) is 3.63. The molecule has 0 saturated heterocycles. The summed E-state index contributed by atoms with van der Waals surface area (Å²) in [7, 11) is 0. The number of amides is 1. The normalized spacial score (nSPS) is 10.2. The average Bonchev–Trinajstić information content (AvgIpc) is 2.44. The third-order valence-electron chi connectivity index (χ3n) is 2.73. The molecule has 0 heterocycles. The molecule has 0 bridgehead atoms. The van der Waals surface area contributed by atoms with Crippen LogP contribution in [0.1, 0.15) is 35.7 Å². The van der Waals surface area contributed by atoms with Gasteiger partial charge < -0.3 is 15.2 Å². The number of carboxylic acid groups (broad SMARTS) is 1. The van der Waals surface area contributed by atoms with E-state index in [0.29, 0.717) is 32.6 Å². The van der Waals surface area contributed by atoms with Crippen molar-refractivity contribution < 1.29 is 19.4 Å². The van der Waals surface area contributed by atoms with Gasteiger partial charge in [0.15, 0.2) is 0 Å². The van der Waals surface area contributed by atoms with Gasteiger partial charge in [0.05, 0.1) is 12.2 Å². The van der Waals surface area contributed by atoms with E-state index in [0.717, 1.165) is 12.0 Å². The maximum absolute atomic E-state index is 11.5. The van der Waals surface area contributed by atoms with Crippen molar-refractivity contribution in [1.29, 1.82) is 0 Å². The molecule has 0 aromatic heterocycles. The Bertz CT molecular complexity index is 445. The Kier molecular flexibility index (Phi) is 7.35. The van der Waals surface area contributed by atoms with Gasteiger partial charge in [-0.05, 0) is 30.5 Å². The standard InChI is InChI=1S/C15H21NO4/c1-2-9-20-10-7-14(17)16-8-6-12-4-3-5-13(11-12)15(18)19/h3-5,11H,2,6-10H2,1H3,(H,16,17)(H,18,19). The molecule has 0 unspecified atom stereocenters. The Morgan fingerprint density at radius 2 is 2.10 bits per heavy atom. The second-order valence-electron chi connectivity index (χ2n) is 4.47. The largest absolute Gasteiger partial charge is 0.478 e. The lowest BCUT2D eigenvalue weighted by Crippen LogP contribution is -2.26. The van der Waals surface area contributed by atoms with Gasteiger partial charge in [-0.25, -0.2) is 4.79 Å². The third-order valence-corrected chi connectivity index (χ3v) is 2.73. The zero-order chi connectivity index (χ0) is 14.8. The van der Waals surface area contributed by atoms with E-state index >= 15 is 0 Å². The van der Waals surface area contributed by atoms with Crippen LogP contribution in [0.25, 0.3) is 0 Å². The number of hydrogen-bond donors (Lipinski definition) is 2. The highest BCUT2D eigenvalue weighted by molar-refractivity contribution is 5.87. The fraction of sp³-hybridized carbons (Fsp3) is 0.467. The first-order valence-corrected chi connectivity index (χ1v) is 6.80. The third kappa shape index (κ3) is 6.33. The second kappa shape index (κ2) is 9.09. The molecule has 0 fully saturated rings. The highest BCUT2D eigenvalue weighted by atomic mass is 16.5. The molecule has 1 amide bonds. The monoisotopic (exact) mass is 279 g/mol. The molecule has 0 aliphatic rings. The van der Waals surface area contributed by atoms with Crippen molar-refractivity contribution in [3.8, 4) is 0 Å². The SMILES string of the molecule is CCCOCCC(=O)NCCc1cccc(C(=O)O)c1. The zero-order valence-corrected chi connectivity index (χ0v) is 11.7. The molecular formula is C15H21NO4. The number of benzene rings is 1. The highest BCUT2D eigenvalue weighted by Gasteiger charge is 2.04. The number of carbonyl (C=O) groups excluding carboxylic acids is 1. The number of carbonyl (C=O) groups is 2. The Hall–Kier alpha value is -1.88. The molecule has 5 nitrogen and oxygen atoms in total. The van der Waals surface area contributed by atoms with Crippen LogP contribution >= 0.6 is 0 Å². The first-order valence-electron chi connectivity index (χ1n) is 6.80. The summed E-state index contributed by atoms with van der Waals surface area (Å²) in [6, 6.07) is 6.73. The number of rotatable bonds is 9. The molecule has 1 aromatic rings. The number of hydrogen-bond acceptors (Lipinski definition) is 3. The topological polar surface area (TPSA) is 75.6 Å². The van der Waals surface area contributed by atoms with Gasteiger partial charge in [0.1, 0.15) is 0 Å². The number of ether oxygens (including phenoxy) is 1. The Morgan fingerprint density at radius 3 is 2.80 bits per heavy atom. The maximum atomic E-state index is 11.5. The zero-order valence-electron chi connectivity index (χ0n) is 11.7. The van der Waals surface area contributed by atoms with Crippen molar-refractivity contribution in [2.45, 2.75) is 26.2 Å². The predicted molar refractivity (Wildman–Crippen MR) is 75.8 cm³/mol. The fourth-order valence-electron chi connectivity index (χ4n) is 1.71. The Labute approximate surface area is 118 Å². The van der Waals surface area contributed by atoms with Crippen LogP contribution in [-0.4, -0.2) is 36.7 Å². The van der Waals surface area contributed by atoms with Crippen LogP contribution in [-0.2, 0) is 16.0 Å². The van der Waals surface area contributed by atoms with Crippen LogP contribution in [0.3, 0.4) is 0 Å². The maximum Gasteiger partial charge on any atom is 0.335 e. The predicted octanol–water partition coefficient (Wildman–Crippen LogP) is 1.86. The van der Waals surface area contributed by atoms with Crippen molar-refractivity contribution in [3.05, 3.63) is 35.4 Å². The number of nitrogens with one attached hydrogen (secondary N) is 1. The molecule has 0 aliphatic carbocycles. The molecule has 5 heteroatoms. The van der Waals surface area contributed by atoms with E-state index in [-0.39, 0.29) is 11.5 Å². The van der Waals surface area contributed by atoms with Gasteiger partial charge in [0.2, 0.25) is 5.91 Å². The summed E-state index contributed by atoms with van der Waals surface area (Å²) >= 11 is 0. The smallest absolute Gasteiger partial charge is 0.335 e. The molecule has 0 saturated carbocycles. The van der Waals surface area contributed by atoms with Crippen LogP contribution in [0, 0.1) is 0 Å². The minimum absolute atomic E-state index is 0.0458. The van der Waals surface area contributed by atoms with Crippen molar-refractivity contribution in [3.63, 3.8) is 0 Å². The van der Waals surface area contributed by atoms with Gasteiger partial charge in [-0.2, -0.15) is 0 Å². The van der Waals surface area contributed by atoms with E-state index in [1.54, 1.807) is 18.2 Å². The van der Waals surface area contributed by atoms with Crippen LogP contribution in [0.4, 0.5) is 0 Å². The molecule has 1 aromatic carbocycles. The van der Waals surface area contributed by atoms with Crippen molar-refractivity contribution in [1.82, 2.24) is 5.32 Å². The molecule has 1 rings (SSSR count). The molecule has 0 aliphatic heterocycles. The number of carboxylic acids is 1. The van der Waals surface area contributed by atoms with E-state index < -0.39 is 5.97 Å². The van der Waals surface area contributed by atoms with Gasteiger partial charge in [0, 0.05) is 19.6 Å². The molecular weight excluding hydrogens is 258 g/mol. The van der Waals surface area contributed by atoms with Gasteiger partial charge in [-0.3, -0.25) is 4.79 Å². The van der Waals surface area contributed by atoms with Gasteiger partial charge in [-0.1, -0.05) is 19.1 Å². The van der Waals surface area contributed by atoms with Crippen molar-refractivity contribution in [2.75, 3.05) is 19.8 Å². The minimum Gasteiger partial charge on any atom is -0.478 e. The Morgan fingerprint density at radius 1 is 1.30 bits per heavy atom. The van der Waals surface area contributed by atoms with E-state index in [1.807, 2.05) is 13.0 Å². The van der Waals surface area contributed by atoms with E-state index in [2.05, 4.69) is 5.32 Å². The summed E-state index contributed by atoms with van der Waals surface area (Å²) in [6.07, 6.45) is 1.92. The van der Waals surface area contributed by atoms with Gasteiger partial charge >= 0.3 is 5.97 Å². The number of aromatic carboxylic acids is 1. The molecule has 0 radical (unpaired) electrons. The summed E-state index contributed by atoms with van der Waals surface area (Å²) < 4.78 is 5.23. The van der Waals surface area contributed by atoms with Gasteiger partial charge in [-0.15, -0.1) is 0 Å². The first-order chi connectivity index (χ1) is 9.63. The molecule has 110 valence electrons. The summed E-state index contributed by atoms with van der Waals surface area (Å²) in [5.74, 6) is -0.987. The van der Waals surface area contributed by atoms with Crippen LogP contribution in [0.15, 0.2) is 24.3 Å². The van der Waals surface area contributed by atoms with E-state index in [4.69, 9.17) is 9.84 Å². The lowest BCUT2D eigenvalue weighted by Gasteiger charge is -2.06. The van der Waals surface area contributed by atoms with E-state index in [1.165, 1.54) is 0 Å². The molecule has 20 heavy (non-hydrogen) atoms. The minimum atomic E-state index is -0.941. The van der Waals surface area contributed by atoms with Gasteiger partial charge in [0.25, 0.3) is 0 Å². The van der Waals surface area contributed by atoms with Crippen LogP contribution < -0.4 is 5.32 Å². The van der Waals surface area contributed by atoms with Crippen LogP contribution in [0.2, 0.25) is 0 Å². The Balaban J connectivity index is 2.25. The van der Waals surface area contributed by atoms with Crippen molar-refractivity contribution in [2.24, 2.45) is 0 Å². The average molecular weight is 279 g/mol. The fourth-order valence-corrected chi connectivity index (χ4v) is 1.71. The lowest BCUT2D eigenvalue weighted by molar-refractivity contribution is -0.122. The van der Waals surface area contributed by atoms with Crippen LogP contribution in [0.5, 0.6) is 0 Å². The molecule has 0 spiro atoms. The first kappa shape index (κ1) is 16.2. The van der Waals surface area contributed by atoms with E-state index in [9.17, 15) is 9.59 Å². The summed E-state index contributed by atoms with van der Waals surface area (Å²) in [4.78, 5) is 22.3. The lowest BCUT2D eigenvalue weighted by atomic mass is 10.1. The van der Waals surface area contributed by atoms with Crippen molar-refractivity contribution >= 4 is 11.9 Å². The molecule has 2 N–H and O–H groups in total. The summed E-state index contributed by atoms with van der Waals surface area (Å²) in [5, 5.41) is 11.7. The molecule has 0 atom stereocenters. The highest BCUT2D eigenvalue weighted by Crippen LogP contribution is 2.05. The summed E-state index contributed by atoms with van der Waals surface area (Å²) in [5.41, 5.74) is 1.16. The quantitative estimate of drug-likeness (QED) is 0.677.